The molecule has 1 aliphatic carbocycles. The van der Waals surface area contributed by atoms with Gasteiger partial charge in [-0.2, -0.15) is 4.98 Å². The molecule has 122 valence electrons. The van der Waals surface area contributed by atoms with Crippen LogP contribution in [0.25, 0.3) is 11.4 Å². The highest BCUT2D eigenvalue weighted by Crippen LogP contribution is 2.30. The smallest absolute Gasteiger partial charge is 0.261 e. The predicted molar refractivity (Wildman–Crippen MR) is 92.0 cm³/mol. The molecule has 24 heavy (non-hydrogen) atoms. The molecular formula is C18H17N3O2S. The second kappa shape index (κ2) is 6.20. The van der Waals surface area contributed by atoms with Gasteiger partial charge >= 0.3 is 0 Å². The predicted octanol–water partition coefficient (Wildman–Crippen LogP) is 3.53. The van der Waals surface area contributed by atoms with Crippen molar-refractivity contribution >= 4 is 17.2 Å². The summed E-state index contributed by atoms with van der Waals surface area (Å²) in [5.41, 5.74) is 3.35. The third-order valence-electron chi connectivity index (χ3n) is 4.22. The van der Waals surface area contributed by atoms with Crippen molar-refractivity contribution in [3.8, 4) is 11.4 Å². The van der Waals surface area contributed by atoms with Crippen LogP contribution in [0.3, 0.4) is 0 Å². The van der Waals surface area contributed by atoms with E-state index in [9.17, 15) is 4.79 Å². The molecule has 0 aliphatic heterocycles. The van der Waals surface area contributed by atoms with Gasteiger partial charge in [-0.3, -0.25) is 4.79 Å². The first-order valence-corrected chi connectivity index (χ1v) is 8.81. The first kappa shape index (κ1) is 15.1. The van der Waals surface area contributed by atoms with Gasteiger partial charge in [0.05, 0.1) is 11.4 Å². The van der Waals surface area contributed by atoms with Crippen LogP contribution in [0.2, 0.25) is 0 Å². The Morgan fingerprint density at radius 2 is 2.21 bits per heavy atom. The number of carbonyl (C=O) groups is 1. The third kappa shape index (κ3) is 2.85. The number of aromatic nitrogens is 2. The van der Waals surface area contributed by atoms with Gasteiger partial charge in [0.15, 0.2) is 0 Å². The summed E-state index contributed by atoms with van der Waals surface area (Å²) in [4.78, 5) is 18.7. The largest absolute Gasteiger partial charge is 0.342 e. The standard InChI is InChI=1S/C18H17N3O2S/c1-11-5-2-3-7-13(11)17-20-16(23-21-17)10-19-18(22)15-9-12-6-4-8-14(12)24-15/h2-3,5,7,9H,4,6,8,10H2,1H3,(H,19,22). The normalized spacial score (nSPS) is 13.0. The van der Waals surface area contributed by atoms with Gasteiger partial charge in [-0.15, -0.1) is 11.3 Å². The zero-order valence-electron chi connectivity index (χ0n) is 13.3. The van der Waals surface area contributed by atoms with Gasteiger partial charge in [0.2, 0.25) is 11.7 Å². The van der Waals surface area contributed by atoms with Crippen molar-refractivity contribution in [1.82, 2.24) is 15.5 Å². The highest BCUT2D eigenvalue weighted by atomic mass is 32.1. The number of rotatable bonds is 4. The molecule has 2 aromatic heterocycles. The molecule has 5 nitrogen and oxygen atoms in total. The highest BCUT2D eigenvalue weighted by molar-refractivity contribution is 7.14. The number of hydrogen-bond donors (Lipinski definition) is 1. The molecule has 0 fully saturated rings. The average molecular weight is 339 g/mol. The van der Waals surface area contributed by atoms with Crippen LogP contribution < -0.4 is 5.32 Å². The number of hydrogen-bond acceptors (Lipinski definition) is 5. The fraction of sp³-hybridized carbons (Fsp3) is 0.278. The summed E-state index contributed by atoms with van der Waals surface area (Å²) in [6, 6.07) is 9.88. The van der Waals surface area contributed by atoms with Crippen LogP contribution in [0.5, 0.6) is 0 Å². The van der Waals surface area contributed by atoms with E-state index in [2.05, 4.69) is 15.5 Å². The van der Waals surface area contributed by atoms with Crippen LogP contribution in [0.4, 0.5) is 0 Å². The van der Waals surface area contributed by atoms with Gasteiger partial charge in [0, 0.05) is 10.4 Å². The number of carbonyl (C=O) groups excluding carboxylic acids is 1. The van der Waals surface area contributed by atoms with Crippen LogP contribution in [0.15, 0.2) is 34.9 Å². The van der Waals surface area contributed by atoms with E-state index in [-0.39, 0.29) is 12.5 Å². The molecule has 0 radical (unpaired) electrons. The lowest BCUT2D eigenvalue weighted by atomic mass is 10.1. The van der Waals surface area contributed by atoms with Gasteiger partial charge < -0.3 is 9.84 Å². The Morgan fingerprint density at radius 3 is 3.04 bits per heavy atom. The van der Waals surface area contributed by atoms with Gasteiger partial charge in [-0.05, 0) is 43.4 Å². The van der Waals surface area contributed by atoms with Gasteiger partial charge in [0.25, 0.3) is 5.91 Å². The molecular weight excluding hydrogens is 322 g/mol. The molecule has 1 amide bonds. The van der Waals surface area contributed by atoms with Crippen LogP contribution >= 0.6 is 11.3 Å². The number of fused-ring (bicyclic) bond motifs is 1. The molecule has 4 rings (SSSR count). The zero-order valence-corrected chi connectivity index (χ0v) is 14.2. The van der Waals surface area contributed by atoms with Crippen molar-refractivity contribution in [2.24, 2.45) is 0 Å². The van der Waals surface area contributed by atoms with Crippen LogP contribution in [-0.2, 0) is 19.4 Å². The monoisotopic (exact) mass is 339 g/mol. The van der Waals surface area contributed by atoms with Crippen molar-refractivity contribution in [2.75, 3.05) is 0 Å². The number of thiophene rings is 1. The van der Waals surface area contributed by atoms with E-state index in [1.54, 1.807) is 11.3 Å². The van der Waals surface area contributed by atoms with Crippen molar-refractivity contribution < 1.29 is 9.32 Å². The summed E-state index contributed by atoms with van der Waals surface area (Å²) in [7, 11) is 0. The maximum atomic E-state index is 12.3. The lowest BCUT2D eigenvalue weighted by Gasteiger charge is -1.99. The molecule has 2 heterocycles. The Morgan fingerprint density at radius 1 is 1.33 bits per heavy atom. The molecule has 1 N–H and O–H groups in total. The Balaban J connectivity index is 1.43. The van der Waals surface area contributed by atoms with Crippen LogP contribution in [-0.4, -0.2) is 16.0 Å². The zero-order chi connectivity index (χ0) is 16.5. The first-order valence-electron chi connectivity index (χ1n) is 7.99. The van der Waals surface area contributed by atoms with Crippen molar-refractivity contribution in [2.45, 2.75) is 32.7 Å². The van der Waals surface area contributed by atoms with Crippen molar-refractivity contribution in [3.63, 3.8) is 0 Å². The van der Waals surface area contributed by atoms with Gasteiger partial charge in [-0.25, -0.2) is 0 Å². The first-order chi connectivity index (χ1) is 11.7. The molecule has 1 aromatic carbocycles. The quantitative estimate of drug-likeness (QED) is 0.789. The van der Waals surface area contributed by atoms with E-state index in [1.807, 2.05) is 37.3 Å². The Hall–Kier alpha value is -2.47. The fourth-order valence-corrected chi connectivity index (χ4v) is 4.11. The second-order valence-electron chi connectivity index (χ2n) is 5.92. The minimum atomic E-state index is -0.0787. The fourth-order valence-electron chi connectivity index (χ4n) is 2.94. The minimum absolute atomic E-state index is 0.0787. The average Bonchev–Trinajstić information content (AvgIpc) is 3.28. The molecule has 0 bridgehead atoms. The third-order valence-corrected chi connectivity index (χ3v) is 5.46. The number of aryl methyl sites for hydroxylation is 3. The SMILES string of the molecule is Cc1ccccc1-c1noc(CNC(=O)c2cc3c(s2)CCC3)n1. The van der Waals surface area contributed by atoms with Gasteiger partial charge in [0.1, 0.15) is 0 Å². The molecule has 3 aromatic rings. The Kier molecular flexibility index (Phi) is 3.90. The minimum Gasteiger partial charge on any atom is -0.342 e. The molecule has 6 heteroatoms. The summed E-state index contributed by atoms with van der Waals surface area (Å²) >= 11 is 1.59. The number of nitrogens with zero attached hydrogens (tertiary/aromatic N) is 2. The van der Waals surface area contributed by atoms with E-state index in [0.717, 1.165) is 28.8 Å². The maximum absolute atomic E-state index is 12.3. The maximum Gasteiger partial charge on any atom is 0.261 e. The number of amides is 1. The summed E-state index contributed by atoms with van der Waals surface area (Å²) in [5, 5.41) is 6.86. The van der Waals surface area contributed by atoms with Crippen molar-refractivity contribution in [1.29, 1.82) is 0 Å². The van der Waals surface area contributed by atoms with E-state index in [4.69, 9.17) is 4.52 Å². The van der Waals surface area contributed by atoms with Crippen molar-refractivity contribution in [3.05, 3.63) is 57.1 Å². The van der Waals surface area contributed by atoms with E-state index in [0.29, 0.717) is 11.7 Å². The number of benzene rings is 1. The Labute approximate surface area is 143 Å². The summed E-state index contributed by atoms with van der Waals surface area (Å²) in [5.74, 6) is 0.878. The summed E-state index contributed by atoms with van der Waals surface area (Å²) in [6.07, 6.45) is 3.38. The topological polar surface area (TPSA) is 68.0 Å². The number of nitrogens with one attached hydrogen (secondary N) is 1. The summed E-state index contributed by atoms with van der Waals surface area (Å²) < 4.78 is 5.25. The molecule has 0 saturated carbocycles. The van der Waals surface area contributed by atoms with E-state index in [1.165, 1.54) is 16.9 Å². The molecule has 0 atom stereocenters. The lowest BCUT2D eigenvalue weighted by Crippen LogP contribution is -2.22. The molecule has 0 saturated heterocycles. The van der Waals surface area contributed by atoms with Gasteiger partial charge in [-0.1, -0.05) is 29.4 Å². The lowest BCUT2D eigenvalue weighted by molar-refractivity contribution is 0.0950. The van der Waals surface area contributed by atoms with E-state index >= 15 is 0 Å². The molecule has 0 unspecified atom stereocenters. The second-order valence-corrected chi connectivity index (χ2v) is 7.06. The summed E-state index contributed by atoms with van der Waals surface area (Å²) in [6.45, 7) is 2.24. The van der Waals surface area contributed by atoms with Crippen LogP contribution in [0, 0.1) is 6.92 Å². The van der Waals surface area contributed by atoms with E-state index < -0.39 is 0 Å². The molecule has 1 aliphatic rings. The highest BCUT2D eigenvalue weighted by Gasteiger charge is 2.19. The van der Waals surface area contributed by atoms with Crippen LogP contribution in [0.1, 0.15) is 38.0 Å². The Bertz CT molecular complexity index is 876. The molecule has 0 spiro atoms.